The lowest BCUT2D eigenvalue weighted by atomic mass is 10.2. The minimum absolute atomic E-state index is 0.0743. The second kappa shape index (κ2) is 7.75. The van der Waals surface area contributed by atoms with Crippen LogP contribution in [0.1, 0.15) is 12.0 Å². The maximum Gasteiger partial charge on any atom is 0.242 e. The summed E-state index contributed by atoms with van der Waals surface area (Å²) in [6, 6.07) is 17.4. The van der Waals surface area contributed by atoms with Gasteiger partial charge in [0.2, 0.25) is 11.8 Å². The van der Waals surface area contributed by atoms with Crippen molar-refractivity contribution >= 4 is 66.8 Å². The molecule has 0 bridgehead atoms. The molecule has 1 aliphatic rings. The number of benzene rings is 2. The van der Waals surface area contributed by atoms with Crippen molar-refractivity contribution in [2.24, 2.45) is 0 Å². The normalized spacial score (nSPS) is 16.9. The number of thioether (sulfide) groups is 1. The van der Waals surface area contributed by atoms with Crippen molar-refractivity contribution in [1.82, 2.24) is 9.88 Å². The van der Waals surface area contributed by atoms with Gasteiger partial charge in [-0.25, -0.2) is 4.98 Å². The number of carbonyl (C=O) groups is 2. The summed E-state index contributed by atoms with van der Waals surface area (Å²) in [5, 5.41) is 2.85. The first kappa shape index (κ1) is 18.1. The van der Waals surface area contributed by atoms with Crippen LogP contribution in [0.4, 0.5) is 5.13 Å². The molecule has 1 atom stereocenters. The van der Waals surface area contributed by atoms with Crippen LogP contribution in [-0.2, 0) is 16.1 Å². The van der Waals surface area contributed by atoms with Gasteiger partial charge in [0.1, 0.15) is 4.32 Å². The van der Waals surface area contributed by atoms with Crippen LogP contribution in [0.15, 0.2) is 54.6 Å². The van der Waals surface area contributed by atoms with E-state index in [0.29, 0.717) is 16.0 Å². The Kier molecular flexibility index (Phi) is 5.20. The molecule has 1 unspecified atom stereocenters. The molecule has 8 heteroatoms. The smallest absolute Gasteiger partial charge is 0.242 e. The Morgan fingerprint density at radius 3 is 2.67 bits per heavy atom. The van der Waals surface area contributed by atoms with Gasteiger partial charge in [-0.05, 0) is 17.7 Å². The van der Waals surface area contributed by atoms with Crippen LogP contribution in [0.25, 0.3) is 10.2 Å². The van der Waals surface area contributed by atoms with Crippen molar-refractivity contribution in [1.29, 1.82) is 0 Å². The number of carbonyl (C=O) groups excluding carboxylic acids is 2. The molecule has 0 radical (unpaired) electrons. The number of nitrogens with one attached hydrogen (secondary N) is 1. The highest BCUT2D eigenvalue weighted by atomic mass is 32.2. The van der Waals surface area contributed by atoms with E-state index in [1.165, 1.54) is 23.1 Å². The number of rotatable bonds is 5. The molecule has 2 aromatic carbocycles. The first-order valence-corrected chi connectivity index (χ1v) is 10.4. The summed E-state index contributed by atoms with van der Waals surface area (Å²) in [6.07, 6.45) is 0.0743. The highest BCUT2D eigenvalue weighted by Gasteiger charge is 2.38. The first-order valence-electron chi connectivity index (χ1n) is 8.31. The molecular formula is C19H15N3O2S3. The fraction of sp³-hybridized carbons (Fsp3) is 0.158. The van der Waals surface area contributed by atoms with E-state index >= 15 is 0 Å². The fourth-order valence-electron chi connectivity index (χ4n) is 2.80. The third-order valence-corrected chi connectivity index (χ3v) is 6.64. The highest BCUT2D eigenvalue weighted by molar-refractivity contribution is 8.24. The molecule has 1 N–H and O–H groups in total. The van der Waals surface area contributed by atoms with Gasteiger partial charge in [0.25, 0.3) is 0 Å². The molecule has 5 nitrogen and oxygen atoms in total. The molecule has 0 aliphatic carbocycles. The first-order chi connectivity index (χ1) is 13.1. The third kappa shape index (κ3) is 4.02. The van der Waals surface area contributed by atoms with E-state index in [9.17, 15) is 9.59 Å². The lowest BCUT2D eigenvalue weighted by Gasteiger charge is -2.15. The number of aromatic nitrogens is 1. The van der Waals surface area contributed by atoms with E-state index in [1.807, 2.05) is 54.6 Å². The lowest BCUT2D eigenvalue weighted by Crippen LogP contribution is -2.32. The van der Waals surface area contributed by atoms with Gasteiger partial charge >= 0.3 is 0 Å². The maximum absolute atomic E-state index is 12.7. The van der Waals surface area contributed by atoms with Gasteiger partial charge in [0.05, 0.1) is 22.0 Å². The monoisotopic (exact) mass is 413 g/mol. The molecule has 0 spiro atoms. The molecule has 2 amide bonds. The molecule has 1 aliphatic heterocycles. The quantitative estimate of drug-likeness (QED) is 0.639. The molecule has 136 valence electrons. The number of fused-ring (bicyclic) bond motifs is 1. The molecule has 27 heavy (non-hydrogen) atoms. The average molecular weight is 414 g/mol. The van der Waals surface area contributed by atoms with Crippen LogP contribution in [0.2, 0.25) is 0 Å². The number of hydrogen-bond acceptors (Lipinski definition) is 6. The average Bonchev–Trinajstić information content (AvgIpc) is 3.18. The second-order valence-corrected chi connectivity index (χ2v) is 8.89. The number of hydrogen-bond donors (Lipinski definition) is 1. The van der Waals surface area contributed by atoms with Crippen LogP contribution < -0.4 is 5.32 Å². The Hall–Kier alpha value is -2.29. The van der Waals surface area contributed by atoms with Crippen molar-refractivity contribution < 1.29 is 9.59 Å². The number of amides is 2. The minimum Gasteiger partial charge on any atom is -0.302 e. The van der Waals surface area contributed by atoms with E-state index in [2.05, 4.69) is 10.3 Å². The molecule has 1 fully saturated rings. The predicted molar refractivity (Wildman–Crippen MR) is 114 cm³/mol. The van der Waals surface area contributed by atoms with Gasteiger partial charge in [0, 0.05) is 6.42 Å². The van der Waals surface area contributed by atoms with Gasteiger partial charge in [-0.2, -0.15) is 0 Å². The Morgan fingerprint density at radius 2 is 1.89 bits per heavy atom. The third-order valence-electron chi connectivity index (χ3n) is 4.10. The van der Waals surface area contributed by atoms with E-state index < -0.39 is 5.25 Å². The summed E-state index contributed by atoms with van der Waals surface area (Å²) >= 11 is 8.04. The van der Waals surface area contributed by atoms with Gasteiger partial charge in [-0.3, -0.25) is 14.5 Å². The minimum atomic E-state index is -0.490. The van der Waals surface area contributed by atoms with E-state index in [-0.39, 0.29) is 18.2 Å². The van der Waals surface area contributed by atoms with E-state index in [0.717, 1.165) is 15.8 Å². The van der Waals surface area contributed by atoms with Gasteiger partial charge in [-0.1, -0.05) is 77.8 Å². The fourth-order valence-corrected chi connectivity index (χ4v) is 5.17. The molecular weight excluding hydrogens is 398 g/mol. The summed E-state index contributed by atoms with van der Waals surface area (Å²) in [5.74, 6) is -0.349. The molecule has 1 saturated heterocycles. The summed E-state index contributed by atoms with van der Waals surface area (Å²) in [6.45, 7) is 0.432. The topological polar surface area (TPSA) is 62.3 Å². The predicted octanol–water partition coefficient (Wildman–Crippen LogP) is 4.05. The lowest BCUT2D eigenvalue weighted by molar-refractivity contribution is -0.128. The SMILES string of the molecule is O=C(CC1SC(=S)N(Cc2ccccc2)C1=O)Nc1nc2ccccc2s1. The Labute approximate surface area is 169 Å². The molecule has 4 rings (SSSR count). The van der Waals surface area contributed by atoms with Crippen LogP contribution >= 0.6 is 35.3 Å². The van der Waals surface area contributed by atoms with E-state index in [4.69, 9.17) is 12.2 Å². The van der Waals surface area contributed by atoms with Crippen LogP contribution in [0.5, 0.6) is 0 Å². The van der Waals surface area contributed by atoms with Crippen molar-refractivity contribution in [2.45, 2.75) is 18.2 Å². The summed E-state index contributed by atoms with van der Waals surface area (Å²) in [7, 11) is 0. The summed E-state index contributed by atoms with van der Waals surface area (Å²) < 4.78 is 1.52. The van der Waals surface area contributed by atoms with Crippen LogP contribution in [-0.4, -0.2) is 31.3 Å². The second-order valence-electron chi connectivity index (χ2n) is 6.02. The number of anilines is 1. The molecule has 3 aromatic rings. The highest BCUT2D eigenvalue weighted by Crippen LogP contribution is 2.32. The Balaban J connectivity index is 1.39. The van der Waals surface area contributed by atoms with Gasteiger partial charge in [-0.15, -0.1) is 0 Å². The Morgan fingerprint density at radius 1 is 1.15 bits per heavy atom. The maximum atomic E-state index is 12.7. The van der Waals surface area contributed by atoms with Crippen molar-refractivity contribution in [3.05, 3.63) is 60.2 Å². The zero-order valence-electron chi connectivity index (χ0n) is 14.1. The Bertz CT molecular complexity index is 986. The van der Waals surface area contributed by atoms with Crippen LogP contribution in [0, 0.1) is 0 Å². The molecule has 2 heterocycles. The number of para-hydroxylation sites is 1. The summed E-state index contributed by atoms with van der Waals surface area (Å²) in [4.78, 5) is 31.0. The van der Waals surface area contributed by atoms with Crippen molar-refractivity contribution in [2.75, 3.05) is 5.32 Å². The van der Waals surface area contributed by atoms with E-state index in [1.54, 1.807) is 4.90 Å². The summed E-state index contributed by atoms with van der Waals surface area (Å²) in [5.41, 5.74) is 1.85. The standard InChI is InChI=1S/C19H15N3O2S3/c23-16(21-18-20-13-8-4-5-9-14(13)26-18)10-15-17(24)22(19(25)27-15)11-12-6-2-1-3-7-12/h1-9,15H,10-11H2,(H,20,21,23). The van der Waals surface area contributed by atoms with Gasteiger partial charge < -0.3 is 5.32 Å². The molecule has 1 aromatic heterocycles. The molecule has 0 saturated carbocycles. The van der Waals surface area contributed by atoms with Crippen molar-refractivity contribution in [3.63, 3.8) is 0 Å². The zero-order chi connectivity index (χ0) is 18.8. The number of nitrogens with zero attached hydrogens (tertiary/aromatic N) is 2. The van der Waals surface area contributed by atoms with Gasteiger partial charge in [0.15, 0.2) is 5.13 Å². The largest absolute Gasteiger partial charge is 0.302 e. The van der Waals surface area contributed by atoms with Crippen molar-refractivity contribution in [3.8, 4) is 0 Å². The number of thiocarbonyl (C=S) groups is 1. The number of thiazole rings is 1. The zero-order valence-corrected chi connectivity index (χ0v) is 16.6. The van der Waals surface area contributed by atoms with Crippen LogP contribution in [0.3, 0.4) is 0 Å².